The van der Waals surface area contributed by atoms with Crippen LogP contribution in [0.2, 0.25) is 0 Å². The monoisotopic (exact) mass is 233 g/mol. The minimum absolute atomic E-state index is 0.275. The maximum atomic E-state index is 13.5. The summed E-state index contributed by atoms with van der Waals surface area (Å²) >= 11 is 0. The number of hydrogen-bond acceptors (Lipinski definition) is 2. The molecule has 0 unspecified atom stereocenters. The van der Waals surface area contributed by atoms with E-state index in [4.69, 9.17) is 0 Å². The molecule has 2 aromatic rings. The van der Waals surface area contributed by atoms with Crippen LogP contribution < -0.4 is 5.32 Å². The van der Waals surface area contributed by atoms with E-state index in [9.17, 15) is 4.39 Å². The van der Waals surface area contributed by atoms with Crippen LogP contribution in [0.25, 0.3) is 0 Å². The van der Waals surface area contributed by atoms with Crippen LogP contribution in [0, 0.1) is 12.7 Å². The van der Waals surface area contributed by atoms with E-state index in [2.05, 4.69) is 24.1 Å². The Bertz CT molecular complexity index is 517. The molecule has 2 rings (SSSR count). The Morgan fingerprint density at radius 3 is 2.65 bits per heavy atom. The van der Waals surface area contributed by atoms with Gasteiger partial charge in [0.15, 0.2) is 0 Å². The molecule has 0 radical (unpaired) electrons. The van der Waals surface area contributed by atoms with Gasteiger partial charge in [0, 0.05) is 12.2 Å². The van der Waals surface area contributed by atoms with E-state index in [1.54, 1.807) is 18.2 Å². The van der Waals surface area contributed by atoms with Gasteiger partial charge in [0.05, 0.1) is 11.4 Å². The summed E-state index contributed by atoms with van der Waals surface area (Å²) in [5.74, 6) is 0.394. The third-order valence-electron chi connectivity index (χ3n) is 2.53. The van der Waals surface area contributed by atoms with E-state index in [0.29, 0.717) is 11.6 Å². The van der Waals surface area contributed by atoms with Gasteiger partial charge in [-0.15, -0.1) is 0 Å². The van der Waals surface area contributed by atoms with Crippen molar-refractivity contribution in [3.63, 3.8) is 0 Å². The standard InChI is InChI=1S/C13H16FN3/c1-9(2)17-8-10(3)15-13(17)16-12-7-5-4-6-11(12)14/h4-9H,1-3H3,(H,15,16). The van der Waals surface area contributed by atoms with E-state index in [0.717, 1.165) is 5.69 Å². The fourth-order valence-electron chi connectivity index (χ4n) is 1.69. The summed E-state index contributed by atoms with van der Waals surface area (Å²) in [6.45, 7) is 6.05. The van der Waals surface area contributed by atoms with Crippen LogP contribution in [0.5, 0.6) is 0 Å². The molecule has 0 amide bonds. The molecule has 17 heavy (non-hydrogen) atoms. The van der Waals surface area contributed by atoms with E-state index >= 15 is 0 Å². The van der Waals surface area contributed by atoms with Crippen molar-refractivity contribution in [3.8, 4) is 0 Å². The predicted octanol–water partition coefficient (Wildman–Crippen LogP) is 3.66. The fraction of sp³-hybridized carbons (Fsp3) is 0.308. The largest absolute Gasteiger partial charge is 0.323 e. The van der Waals surface area contributed by atoms with Gasteiger partial charge in [-0.1, -0.05) is 12.1 Å². The van der Waals surface area contributed by atoms with Gasteiger partial charge in [0.1, 0.15) is 5.82 Å². The highest BCUT2D eigenvalue weighted by Gasteiger charge is 2.10. The second kappa shape index (κ2) is 4.57. The summed E-state index contributed by atoms with van der Waals surface area (Å²) in [6, 6.07) is 6.87. The minimum atomic E-state index is -0.275. The molecule has 1 heterocycles. The zero-order chi connectivity index (χ0) is 12.4. The smallest absolute Gasteiger partial charge is 0.207 e. The first kappa shape index (κ1) is 11.6. The van der Waals surface area contributed by atoms with Gasteiger partial charge >= 0.3 is 0 Å². The van der Waals surface area contributed by atoms with Crippen molar-refractivity contribution in [2.45, 2.75) is 26.8 Å². The Hall–Kier alpha value is -1.84. The van der Waals surface area contributed by atoms with Gasteiger partial charge in [0.2, 0.25) is 5.95 Å². The van der Waals surface area contributed by atoms with Gasteiger partial charge in [-0.25, -0.2) is 9.37 Å². The molecule has 90 valence electrons. The molecular formula is C13H16FN3. The van der Waals surface area contributed by atoms with E-state index in [-0.39, 0.29) is 11.9 Å². The van der Waals surface area contributed by atoms with Crippen LogP contribution in [0.3, 0.4) is 0 Å². The zero-order valence-corrected chi connectivity index (χ0v) is 10.2. The Morgan fingerprint density at radius 1 is 1.29 bits per heavy atom. The van der Waals surface area contributed by atoms with Crippen LogP contribution >= 0.6 is 0 Å². The lowest BCUT2D eigenvalue weighted by Crippen LogP contribution is -2.05. The molecule has 1 aromatic carbocycles. The number of aryl methyl sites for hydroxylation is 1. The van der Waals surface area contributed by atoms with E-state index in [1.165, 1.54) is 6.07 Å². The average molecular weight is 233 g/mol. The van der Waals surface area contributed by atoms with Crippen molar-refractivity contribution in [1.29, 1.82) is 0 Å². The molecule has 1 N–H and O–H groups in total. The van der Waals surface area contributed by atoms with Crippen LogP contribution in [0.15, 0.2) is 30.5 Å². The van der Waals surface area contributed by atoms with Gasteiger partial charge in [-0.05, 0) is 32.9 Å². The van der Waals surface area contributed by atoms with Crippen molar-refractivity contribution in [1.82, 2.24) is 9.55 Å². The van der Waals surface area contributed by atoms with Crippen LogP contribution in [0.4, 0.5) is 16.0 Å². The number of aromatic nitrogens is 2. The number of para-hydroxylation sites is 1. The first-order valence-corrected chi connectivity index (χ1v) is 5.65. The van der Waals surface area contributed by atoms with Crippen LogP contribution in [-0.4, -0.2) is 9.55 Å². The fourth-order valence-corrected chi connectivity index (χ4v) is 1.69. The predicted molar refractivity (Wildman–Crippen MR) is 67.0 cm³/mol. The molecule has 0 saturated carbocycles. The van der Waals surface area contributed by atoms with Gasteiger partial charge in [0.25, 0.3) is 0 Å². The number of nitrogens with zero attached hydrogens (tertiary/aromatic N) is 2. The molecular weight excluding hydrogens is 217 g/mol. The molecule has 0 aliphatic carbocycles. The Morgan fingerprint density at radius 2 is 2.00 bits per heavy atom. The third-order valence-corrected chi connectivity index (χ3v) is 2.53. The Kier molecular flexibility index (Phi) is 3.13. The number of hydrogen-bond donors (Lipinski definition) is 1. The van der Waals surface area contributed by atoms with Crippen molar-refractivity contribution in [3.05, 3.63) is 42.0 Å². The second-order valence-electron chi connectivity index (χ2n) is 4.31. The van der Waals surface area contributed by atoms with Crippen molar-refractivity contribution < 1.29 is 4.39 Å². The number of benzene rings is 1. The number of rotatable bonds is 3. The molecule has 0 aliphatic rings. The highest BCUT2D eigenvalue weighted by molar-refractivity contribution is 5.54. The number of halogens is 1. The maximum absolute atomic E-state index is 13.5. The summed E-state index contributed by atoms with van der Waals surface area (Å²) in [4.78, 5) is 4.35. The van der Waals surface area contributed by atoms with Crippen molar-refractivity contribution in [2.24, 2.45) is 0 Å². The molecule has 1 aromatic heterocycles. The molecule has 0 spiro atoms. The average Bonchev–Trinajstić information content (AvgIpc) is 2.63. The lowest BCUT2D eigenvalue weighted by Gasteiger charge is -2.12. The number of anilines is 2. The molecule has 0 aliphatic heterocycles. The summed E-state index contributed by atoms with van der Waals surface area (Å²) < 4.78 is 15.5. The summed E-state index contributed by atoms with van der Waals surface area (Å²) in [6.07, 6.45) is 1.95. The first-order valence-electron chi connectivity index (χ1n) is 5.65. The highest BCUT2D eigenvalue weighted by Crippen LogP contribution is 2.21. The molecule has 4 heteroatoms. The first-order chi connectivity index (χ1) is 8.08. The Balaban J connectivity index is 2.33. The zero-order valence-electron chi connectivity index (χ0n) is 10.2. The van der Waals surface area contributed by atoms with Crippen LogP contribution in [-0.2, 0) is 0 Å². The molecule has 0 atom stereocenters. The molecule has 3 nitrogen and oxygen atoms in total. The van der Waals surface area contributed by atoms with Gasteiger partial charge in [-0.3, -0.25) is 0 Å². The summed E-state index contributed by atoms with van der Waals surface area (Å²) in [7, 11) is 0. The molecule has 0 saturated heterocycles. The molecule has 0 fully saturated rings. The minimum Gasteiger partial charge on any atom is -0.323 e. The van der Waals surface area contributed by atoms with Gasteiger partial charge < -0.3 is 9.88 Å². The molecule has 0 bridgehead atoms. The lowest BCUT2D eigenvalue weighted by atomic mass is 10.3. The van der Waals surface area contributed by atoms with Gasteiger partial charge in [-0.2, -0.15) is 0 Å². The second-order valence-corrected chi connectivity index (χ2v) is 4.31. The maximum Gasteiger partial charge on any atom is 0.207 e. The van der Waals surface area contributed by atoms with Crippen LogP contribution in [0.1, 0.15) is 25.6 Å². The normalized spacial score (nSPS) is 10.9. The van der Waals surface area contributed by atoms with Crippen molar-refractivity contribution >= 4 is 11.6 Å². The lowest BCUT2D eigenvalue weighted by molar-refractivity contribution is 0.604. The van der Waals surface area contributed by atoms with Crippen molar-refractivity contribution in [2.75, 3.05) is 5.32 Å². The summed E-state index contributed by atoms with van der Waals surface area (Å²) in [5, 5.41) is 3.02. The van der Waals surface area contributed by atoms with E-state index < -0.39 is 0 Å². The topological polar surface area (TPSA) is 29.9 Å². The quantitative estimate of drug-likeness (QED) is 0.876. The number of nitrogens with one attached hydrogen (secondary N) is 1. The SMILES string of the molecule is Cc1cn(C(C)C)c(Nc2ccccc2F)n1. The number of imidazole rings is 1. The third kappa shape index (κ3) is 2.46. The highest BCUT2D eigenvalue weighted by atomic mass is 19.1. The Labute approximate surface area is 100 Å². The summed E-state index contributed by atoms with van der Waals surface area (Å²) in [5.41, 5.74) is 1.36. The van der Waals surface area contributed by atoms with E-state index in [1.807, 2.05) is 17.7 Å².